The highest BCUT2D eigenvalue weighted by Gasteiger charge is 2.31. The molecule has 74 valence electrons. The summed E-state index contributed by atoms with van der Waals surface area (Å²) < 4.78 is 38.1. The molecule has 0 aliphatic carbocycles. The fraction of sp³-hybridized carbons (Fsp3) is 0.143. The molecule has 7 heteroatoms. The number of rotatable bonds is 0. The monoisotopic (exact) mass is 221 g/mol. The maximum Gasteiger partial charge on any atom is 0.416 e. The summed E-state index contributed by atoms with van der Waals surface area (Å²) in [5, 5.41) is 6.86. The standard InChI is InChI=1S/C7H3ClF3N3/c8-5-1-4(7(9,10)11)2-6-13-12-3-14(5)6/h1-3H. The summed E-state index contributed by atoms with van der Waals surface area (Å²) in [6.07, 6.45) is -3.17. The van der Waals surface area contributed by atoms with Gasteiger partial charge in [-0.2, -0.15) is 13.2 Å². The van der Waals surface area contributed by atoms with Crippen LogP contribution in [0.3, 0.4) is 0 Å². The smallest absolute Gasteiger partial charge is 0.272 e. The van der Waals surface area contributed by atoms with Crippen LogP contribution in [0.2, 0.25) is 5.15 Å². The lowest BCUT2D eigenvalue weighted by atomic mass is 10.2. The van der Waals surface area contributed by atoms with Crippen LogP contribution in [-0.2, 0) is 6.18 Å². The summed E-state index contributed by atoms with van der Waals surface area (Å²) in [5.74, 6) is 0. The maximum absolute atomic E-state index is 12.3. The van der Waals surface area contributed by atoms with Crippen molar-refractivity contribution in [3.8, 4) is 0 Å². The normalized spacial score (nSPS) is 12.3. The predicted octanol–water partition coefficient (Wildman–Crippen LogP) is 2.40. The van der Waals surface area contributed by atoms with Crippen LogP contribution >= 0.6 is 11.6 Å². The number of alkyl halides is 3. The molecule has 2 aromatic rings. The number of hydrogen-bond donors (Lipinski definition) is 0. The van der Waals surface area contributed by atoms with E-state index < -0.39 is 11.7 Å². The lowest BCUT2D eigenvalue weighted by molar-refractivity contribution is -0.137. The van der Waals surface area contributed by atoms with Crippen molar-refractivity contribution >= 4 is 17.2 Å². The minimum atomic E-state index is -4.42. The Balaban J connectivity index is 2.70. The fourth-order valence-electron chi connectivity index (χ4n) is 1.05. The minimum absolute atomic E-state index is 0.0696. The van der Waals surface area contributed by atoms with E-state index in [1.807, 2.05) is 0 Å². The highest BCUT2D eigenvalue weighted by molar-refractivity contribution is 6.29. The molecular weight excluding hydrogens is 219 g/mol. The molecule has 3 nitrogen and oxygen atoms in total. The van der Waals surface area contributed by atoms with Gasteiger partial charge in [0.25, 0.3) is 0 Å². The van der Waals surface area contributed by atoms with Gasteiger partial charge < -0.3 is 0 Å². The molecule has 0 radical (unpaired) electrons. The molecule has 0 atom stereocenters. The molecule has 0 unspecified atom stereocenters. The second-order valence-electron chi connectivity index (χ2n) is 2.62. The third kappa shape index (κ3) is 1.41. The molecule has 0 spiro atoms. The SMILES string of the molecule is FC(F)(F)c1cc(Cl)n2cnnc2c1. The van der Waals surface area contributed by atoms with Crippen molar-refractivity contribution in [2.75, 3.05) is 0 Å². The van der Waals surface area contributed by atoms with E-state index in [2.05, 4.69) is 10.2 Å². The van der Waals surface area contributed by atoms with Crippen molar-refractivity contribution in [3.63, 3.8) is 0 Å². The van der Waals surface area contributed by atoms with Crippen LogP contribution in [0.4, 0.5) is 13.2 Å². The predicted molar refractivity (Wildman–Crippen MR) is 43.0 cm³/mol. The van der Waals surface area contributed by atoms with Gasteiger partial charge in [-0.25, -0.2) is 0 Å². The summed E-state index contributed by atoms with van der Waals surface area (Å²) in [6.45, 7) is 0. The van der Waals surface area contributed by atoms with Crippen molar-refractivity contribution < 1.29 is 13.2 Å². The van der Waals surface area contributed by atoms with Gasteiger partial charge in [0.2, 0.25) is 0 Å². The molecule has 0 N–H and O–H groups in total. The van der Waals surface area contributed by atoms with Crippen LogP contribution in [0, 0.1) is 0 Å². The van der Waals surface area contributed by atoms with Gasteiger partial charge in [-0.1, -0.05) is 11.6 Å². The van der Waals surface area contributed by atoms with Crippen molar-refractivity contribution in [3.05, 3.63) is 29.2 Å². The molecule has 2 heterocycles. The number of aromatic nitrogens is 3. The molecule has 0 aliphatic heterocycles. The molecule has 0 bridgehead atoms. The lowest BCUT2D eigenvalue weighted by Crippen LogP contribution is -2.05. The number of halogens is 4. The highest BCUT2D eigenvalue weighted by Crippen LogP contribution is 2.31. The molecule has 14 heavy (non-hydrogen) atoms. The van der Waals surface area contributed by atoms with Gasteiger partial charge in [-0.15, -0.1) is 10.2 Å². The van der Waals surface area contributed by atoms with Crippen LogP contribution < -0.4 is 0 Å². The van der Waals surface area contributed by atoms with Crippen molar-refractivity contribution in [2.45, 2.75) is 6.18 Å². The Morgan fingerprint density at radius 1 is 1.29 bits per heavy atom. The molecule has 0 amide bonds. The van der Waals surface area contributed by atoms with E-state index in [9.17, 15) is 13.2 Å². The van der Waals surface area contributed by atoms with Crippen LogP contribution in [-0.4, -0.2) is 14.6 Å². The number of pyridine rings is 1. The molecule has 2 aromatic heterocycles. The van der Waals surface area contributed by atoms with Crippen LogP contribution in [0.5, 0.6) is 0 Å². The Labute approximate surface area is 81.1 Å². The zero-order chi connectivity index (χ0) is 10.3. The molecular formula is C7H3ClF3N3. The van der Waals surface area contributed by atoms with Crippen molar-refractivity contribution in [1.29, 1.82) is 0 Å². The third-order valence-corrected chi connectivity index (χ3v) is 1.98. The first-order valence-corrected chi connectivity index (χ1v) is 3.93. The Bertz CT molecular complexity index is 476. The Hall–Kier alpha value is -1.30. The van der Waals surface area contributed by atoms with Crippen LogP contribution in [0.1, 0.15) is 5.56 Å². The molecule has 0 saturated heterocycles. The number of nitrogens with zero attached hydrogens (tertiary/aromatic N) is 3. The molecule has 0 fully saturated rings. The van der Waals surface area contributed by atoms with Gasteiger partial charge >= 0.3 is 6.18 Å². The number of fused-ring (bicyclic) bond motifs is 1. The topological polar surface area (TPSA) is 30.2 Å². The van der Waals surface area contributed by atoms with E-state index in [1.165, 1.54) is 10.7 Å². The fourth-order valence-corrected chi connectivity index (χ4v) is 1.30. The third-order valence-electron chi connectivity index (χ3n) is 1.69. The van der Waals surface area contributed by atoms with E-state index in [0.717, 1.165) is 12.1 Å². The number of hydrogen-bond acceptors (Lipinski definition) is 2. The molecule has 0 aliphatic rings. The summed E-state index contributed by atoms with van der Waals surface area (Å²) in [5.41, 5.74) is -0.757. The average Bonchev–Trinajstić information content (AvgIpc) is 2.50. The van der Waals surface area contributed by atoms with E-state index >= 15 is 0 Å². The highest BCUT2D eigenvalue weighted by atomic mass is 35.5. The van der Waals surface area contributed by atoms with Crippen molar-refractivity contribution in [2.24, 2.45) is 0 Å². The van der Waals surface area contributed by atoms with Crippen LogP contribution in [0.15, 0.2) is 18.5 Å². The first-order valence-electron chi connectivity index (χ1n) is 3.55. The second-order valence-corrected chi connectivity index (χ2v) is 3.01. The maximum atomic E-state index is 12.3. The van der Waals surface area contributed by atoms with E-state index in [0.29, 0.717) is 0 Å². The van der Waals surface area contributed by atoms with E-state index in [1.54, 1.807) is 0 Å². The Morgan fingerprint density at radius 2 is 2.00 bits per heavy atom. The van der Waals surface area contributed by atoms with Gasteiger partial charge in [-0.3, -0.25) is 4.40 Å². The minimum Gasteiger partial charge on any atom is -0.272 e. The summed E-state index contributed by atoms with van der Waals surface area (Å²) in [4.78, 5) is 0. The average molecular weight is 222 g/mol. The zero-order valence-corrected chi connectivity index (χ0v) is 7.34. The Kier molecular flexibility index (Phi) is 1.88. The lowest BCUT2D eigenvalue weighted by Gasteiger charge is -2.07. The molecule has 0 saturated carbocycles. The van der Waals surface area contributed by atoms with Gasteiger partial charge in [0, 0.05) is 0 Å². The molecule has 2 rings (SSSR count). The summed E-state index contributed by atoms with van der Waals surface area (Å²) in [6, 6.07) is 1.72. The Morgan fingerprint density at radius 3 is 2.64 bits per heavy atom. The largest absolute Gasteiger partial charge is 0.416 e. The van der Waals surface area contributed by atoms with Gasteiger partial charge in [0.15, 0.2) is 5.65 Å². The first-order chi connectivity index (χ1) is 6.48. The second kappa shape index (κ2) is 2.84. The zero-order valence-electron chi connectivity index (χ0n) is 6.59. The van der Waals surface area contributed by atoms with E-state index in [-0.39, 0.29) is 10.8 Å². The van der Waals surface area contributed by atoms with E-state index in [4.69, 9.17) is 11.6 Å². The van der Waals surface area contributed by atoms with Crippen molar-refractivity contribution in [1.82, 2.24) is 14.6 Å². The summed E-state index contributed by atoms with van der Waals surface area (Å²) in [7, 11) is 0. The summed E-state index contributed by atoms with van der Waals surface area (Å²) >= 11 is 5.59. The van der Waals surface area contributed by atoms with Gasteiger partial charge in [0.1, 0.15) is 11.5 Å². The van der Waals surface area contributed by atoms with Gasteiger partial charge in [-0.05, 0) is 12.1 Å². The quantitative estimate of drug-likeness (QED) is 0.640. The first kappa shape index (κ1) is 9.26. The van der Waals surface area contributed by atoms with Gasteiger partial charge in [0.05, 0.1) is 5.56 Å². The molecule has 0 aromatic carbocycles. The van der Waals surface area contributed by atoms with Crippen LogP contribution in [0.25, 0.3) is 5.65 Å².